The number of hydrogen-bond donors (Lipinski definition) is 0. The van der Waals surface area contributed by atoms with Crippen molar-refractivity contribution in [1.29, 1.82) is 0 Å². The average Bonchev–Trinajstić information content (AvgIpc) is 2.75. The second kappa shape index (κ2) is 15.0. The molecule has 0 heterocycles. The number of urea groups is 2. The molecule has 0 radical (unpaired) electrons. The molecule has 12 nitrogen and oxygen atoms in total. The minimum absolute atomic E-state index is 0.00873. The predicted octanol–water partition coefficient (Wildman–Crippen LogP) is 0.106. The van der Waals surface area contributed by atoms with E-state index in [4.69, 9.17) is 14.2 Å². The Balaban J connectivity index is 5.50. The van der Waals surface area contributed by atoms with Crippen LogP contribution >= 0.6 is 0 Å². The molecule has 0 aromatic rings. The summed E-state index contributed by atoms with van der Waals surface area (Å²) in [6, 6.07) is -2.43. The van der Waals surface area contributed by atoms with E-state index in [1.807, 2.05) is 0 Å². The van der Waals surface area contributed by atoms with E-state index in [-0.39, 0.29) is 26.2 Å². The summed E-state index contributed by atoms with van der Waals surface area (Å²) in [4.78, 5) is 73.5. The highest BCUT2D eigenvalue weighted by atomic mass is 16.5. The third kappa shape index (κ3) is 10.4. The fourth-order valence-corrected chi connectivity index (χ4v) is 1.85. The van der Waals surface area contributed by atoms with Crippen molar-refractivity contribution in [3.05, 3.63) is 38.0 Å². The molecule has 5 amide bonds. The van der Waals surface area contributed by atoms with Crippen LogP contribution in [0.25, 0.3) is 0 Å². The molecule has 0 atom stereocenters. The van der Waals surface area contributed by atoms with Crippen LogP contribution in [0.2, 0.25) is 0 Å². The van der Waals surface area contributed by atoms with Crippen LogP contribution < -0.4 is 0 Å². The van der Waals surface area contributed by atoms with Crippen molar-refractivity contribution in [3.8, 4) is 0 Å². The third-order valence-corrected chi connectivity index (χ3v) is 3.20. The molecule has 170 valence electrons. The molecular weight excluding hydrogens is 414 g/mol. The largest absolute Gasteiger partial charge is 0.460 e. The monoisotopic (exact) mass is 439 g/mol. The molecule has 0 unspecified atom stereocenters. The summed E-state index contributed by atoms with van der Waals surface area (Å²) < 4.78 is 14.2. The van der Waals surface area contributed by atoms with Gasteiger partial charge in [-0.15, -0.1) is 0 Å². The lowest BCUT2D eigenvalue weighted by Gasteiger charge is -2.28. The van der Waals surface area contributed by atoms with Crippen LogP contribution in [0.15, 0.2) is 38.0 Å². The van der Waals surface area contributed by atoms with E-state index in [1.54, 1.807) is 0 Å². The molecule has 0 aromatic heterocycles. The Bertz CT molecular complexity index is 720. The summed E-state index contributed by atoms with van der Waals surface area (Å²) in [5.74, 6) is -2.76. The first-order valence-electron chi connectivity index (χ1n) is 8.79. The lowest BCUT2D eigenvalue weighted by Crippen LogP contribution is -2.53. The maximum Gasteiger partial charge on any atom is 0.335 e. The van der Waals surface area contributed by atoms with Gasteiger partial charge < -0.3 is 19.1 Å². The molecule has 0 aliphatic carbocycles. The number of amides is 5. The number of esters is 3. The number of ether oxygens (including phenoxy) is 3. The van der Waals surface area contributed by atoms with E-state index in [9.17, 15) is 28.8 Å². The van der Waals surface area contributed by atoms with Gasteiger partial charge in [-0.25, -0.2) is 14.5 Å². The van der Waals surface area contributed by atoms with Gasteiger partial charge in [-0.05, 0) is 0 Å². The Labute approximate surface area is 179 Å². The van der Waals surface area contributed by atoms with Crippen LogP contribution in [0.1, 0.15) is 0 Å². The van der Waals surface area contributed by atoms with Gasteiger partial charge in [0.2, 0.25) is 6.41 Å². The zero-order valence-corrected chi connectivity index (χ0v) is 17.2. The van der Waals surface area contributed by atoms with Crippen LogP contribution in [0.5, 0.6) is 0 Å². The second-order valence-electron chi connectivity index (χ2n) is 5.66. The summed E-state index contributed by atoms with van der Waals surface area (Å²) in [5, 5.41) is 0. The predicted molar refractivity (Wildman–Crippen MR) is 106 cm³/mol. The molecule has 31 heavy (non-hydrogen) atoms. The fourth-order valence-electron chi connectivity index (χ4n) is 1.85. The topological polar surface area (TPSA) is 140 Å². The summed E-state index contributed by atoms with van der Waals surface area (Å²) >= 11 is 0. The maximum atomic E-state index is 12.7. The van der Waals surface area contributed by atoms with Crippen molar-refractivity contribution in [1.82, 2.24) is 14.7 Å². The molecule has 0 aliphatic rings. The quantitative estimate of drug-likeness (QED) is 0.169. The van der Waals surface area contributed by atoms with Crippen molar-refractivity contribution in [2.75, 3.05) is 46.5 Å². The van der Waals surface area contributed by atoms with E-state index in [0.717, 1.165) is 11.9 Å². The van der Waals surface area contributed by atoms with E-state index in [1.165, 1.54) is 18.2 Å². The van der Waals surface area contributed by atoms with Crippen LogP contribution in [0.4, 0.5) is 9.59 Å². The number of carbonyl (C=O) groups is 6. The Morgan fingerprint density at radius 1 is 0.710 bits per heavy atom. The molecule has 0 N–H and O–H groups in total. The number of nitrogens with zero attached hydrogens (tertiary/aromatic N) is 3. The van der Waals surface area contributed by atoms with E-state index in [0.29, 0.717) is 9.80 Å². The van der Waals surface area contributed by atoms with Gasteiger partial charge >= 0.3 is 30.0 Å². The van der Waals surface area contributed by atoms with E-state index >= 15 is 0 Å². The Kier molecular flexibility index (Phi) is 13.0. The molecule has 0 aromatic carbocycles. The SMILES string of the molecule is C=CCOC(=O)CN(C)C(=O)N(CC(=O)OCC=C)C(=O)N(C=O)CC(=O)OCC=C. The summed E-state index contributed by atoms with van der Waals surface area (Å²) in [5.41, 5.74) is 0. The second-order valence-corrected chi connectivity index (χ2v) is 5.66. The maximum absolute atomic E-state index is 12.7. The molecule has 0 fully saturated rings. The van der Waals surface area contributed by atoms with Crippen LogP contribution in [0.3, 0.4) is 0 Å². The number of carbonyl (C=O) groups excluding carboxylic acids is 6. The molecular formula is C19H25N3O9. The summed E-state index contributed by atoms with van der Waals surface area (Å²) in [7, 11) is 1.16. The molecule has 0 saturated carbocycles. The van der Waals surface area contributed by atoms with Gasteiger partial charge in [0.05, 0.1) is 0 Å². The van der Waals surface area contributed by atoms with Gasteiger partial charge in [-0.1, -0.05) is 38.0 Å². The first-order chi connectivity index (χ1) is 14.7. The van der Waals surface area contributed by atoms with Crippen molar-refractivity contribution < 1.29 is 43.0 Å². The minimum Gasteiger partial charge on any atom is -0.460 e. The molecule has 0 rings (SSSR count). The average molecular weight is 439 g/mol. The number of hydrogen-bond acceptors (Lipinski definition) is 9. The zero-order chi connectivity index (χ0) is 23.8. The Hall–Kier alpha value is -3.96. The molecule has 0 bridgehead atoms. The van der Waals surface area contributed by atoms with Crippen molar-refractivity contribution in [3.63, 3.8) is 0 Å². The van der Waals surface area contributed by atoms with Gasteiger partial charge in [0, 0.05) is 7.05 Å². The molecule has 0 saturated heterocycles. The lowest BCUT2D eigenvalue weighted by atomic mass is 10.4. The molecule has 0 spiro atoms. The highest BCUT2D eigenvalue weighted by Crippen LogP contribution is 2.05. The number of likely N-dealkylation sites (N-methyl/N-ethyl adjacent to an activating group) is 1. The van der Waals surface area contributed by atoms with Gasteiger partial charge in [-0.2, -0.15) is 0 Å². The van der Waals surface area contributed by atoms with Crippen LogP contribution in [-0.4, -0.2) is 97.6 Å². The van der Waals surface area contributed by atoms with Crippen LogP contribution in [0, 0.1) is 0 Å². The van der Waals surface area contributed by atoms with Crippen LogP contribution in [-0.2, 0) is 33.4 Å². The standard InChI is InChI=1S/C19H25N3O9/c1-5-8-29-15(24)11-20(4)18(27)22(13-17(26)31-10-7-3)19(28)21(14-23)12-16(25)30-9-6-2/h5-7,14H,1-3,8-13H2,4H3. The van der Waals surface area contributed by atoms with Gasteiger partial charge in [-0.3, -0.25) is 24.1 Å². The lowest BCUT2D eigenvalue weighted by molar-refractivity contribution is -0.144. The summed E-state index contributed by atoms with van der Waals surface area (Å²) in [6.45, 7) is 7.35. The highest BCUT2D eigenvalue weighted by molar-refractivity contribution is 6.01. The third-order valence-electron chi connectivity index (χ3n) is 3.20. The van der Waals surface area contributed by atoms with Crippen molar-refractivity contribution in [2.24, 2.45) is 0 Å². The normalized spacial score (nSPS) is 9.45. The van der Waals surface area contributed by atoms with Gasteiger partial charge in [0.25, 0.3) is 0 Å². The number of rotatable bonds is 13. The van der Waals surface area contributed by atoms with E-state index in [2.05, 4.69) is 19.7 Å². The fraction of sp³-hybridized carbons (Fsp3) is 0.368. The minimum atomic E-state index is -1.31. The first-order valence-corrected chi connectivity index (χ1v) is 8.79. The summed E-state index contributed by atoms with van der Waals surface area (Å²) in [6.07, 6.45) is 3.85. The van der Waals surface area contributed by atoms with E-state index < -0.39 is 49.6 Å². The molecule has 12 heteroatoms. The zero-order valence-electron chi connectivity index (χ0n) is 17.2. The first kappa shape index (κ1) is 27.0. The smallest absolute Gasteiger partial charge is 0.335 e. The van der Waals surface area contributed by atoms with Crippen molar-refractivity contribution in [2.45, 2.75) is 0 Å². The Morgan fingerprint density at radius 3 is 1.55 bits per heavy atom. The van der Waals surface area contributed by atoms with Gasteiger partial charge in [0.15, 0.2) is 0 Å². The Morgan fingerprint density at radius 2 is 1.13 bits per heavy atom. The van der Waals surface area contributed by atoms with Gasteiger partial charge in [0.1, 0.15) is 39.5 Å². The molecule has 0 aliphatic heterocycles. The number of imide groups is 2. The van der Waals surface area contributed by atoms with Crippen molar-refractivity contribution >= 4 is 36.4 Å². The highest BCUT2D eigenvalue weighted by Gasteiger charge is 2.33.